The van der Waals surface area contributed by atoms with Crippen molar-refractivity contribution in [3.8, 4) is 11.1 Å². The first-order valence-corrected chi connectivity index (χ1v) is 11.5. The van der Waals surface area contributed by atoms with Crippen molar-refractivity contribution in [3.05, 3.63) is 46.7 Å². The van der Waals surface area contributed by atoms with Crippen LogP contribution in [0.4, 0.5) is 0 Å². The third kappa shape index (κ3) is 4.25. The summed E-state index contributed by atoms with van der Waals surface area (Å²) in [5.41, 5.74) is 3.03. The summed E-state index contributed by atoms with van der Waals surface area (Å²) in [5.74, 6) is 0.980. The lowest BCUT2D eigenvalue weighted by molar-refractivity contribution is -0.134. The third-order valence-electron chi connectivity index (χ3n) is 6.34. The normalized spacial score (nSPS) is 26.0. The number of carbonyl (C=O) groups excluding carboxylic acids is 2. The maximum Gasteiger partial charge on any atom is 0.228 e. The largest absolute Gasteiger partial charge is 0.353 e. The SMILES string of the molecule is CC(C)NC(=O)[C@]1(Cc2ccc(-c3ccsc3)cc2)CCN(C(=O)[C@@H]2C[C@H]2C)C1. The minimum absolute atomic E-state index is 0.0774. The molecule has 4 rings (SSSR count). The summed E-state index contributed by atoms with van der Waals surface area (Å²) in [6.45, 7) is 7.32. The van der Waals surface area contributed by atoms with Crippen LogP contribution in [-0.2, 0) is 16.0 Å². The van der Waals surface area contributed by atoms with Gasteiger partial charge in [0.25, 0.3) is 0 Å². The van der Waals surface area contributed by atoms with Crippen LogP contribution >= 0.6 is 11.3 Å². The molecule has 1 aliphatic heterocycles. The molecule has 29 heavy (non-hydrogen) atoms. The first-order valence-electron chi connectivity index (χ1n) is 10.6. The van der Waals surface area contributed by atoms with Crippen molar-refractivity contribution in [3.63, 3.8) is 0 Å². The Morgan fingerprint density at radius 3 is 2.52 bits per heavy atom. The molecule has 1 saturated carbocycles. The lowest BCUT2D eigenvalue weighted by Gasteiger charge is -2.29. The van der Waals surface area contributed by atoms with E-state index in [4.69, 9.17) is 0 Å². The van der Waals surface area contributed by atoms with Gasteiger partial charge in [-0.3, -0.25) is 9.59 Å². The predicted octanol–water partition coefficient (Wildman–Crippen LogP) is 4.36. The van der Waals surface area contributed by atoms with Crippen LogP contribution < -0.4 is 5.32 Å². The molecule has 0 bridgehead atoms. The van der Waals surface area contributed by atoms with E-state index in [0.717, 1.165) is 18.4 Å². The Kier molecular flexibility index (Phi) is 5.52. The summed E-state index contributed by atoms with van der Waals surface area (Å²) >= 11 is 1.69. The number of rotatable bonds is 6. The molecule has 1 N–H and O–H groups in total. The van der Waals surface area contributed by atoms with Gasteiger partial charge in [-0.2, -0.15) is 11.3 Å². The highest BCUT2D eigenvalue weighted by Crippen LogP contribution is 2.42. The highest BCUT2D eigenvalue weighted by molar-refractivity contribution is 7.08. The van der Waals surface area contributed by atoms with Crippen molar-refractivity contribution in [1.82, 2.24) is 10.2 Å². The molecule has 0 radical (unpaired) electrons. The number of carbonyl (C=O) groups is 2. The van der Waals surface area contributed by atoms with Gasteiger partial charge in [-0.1, -0.05) is 31.2 Å². The summed E-state index contributed by atoms with van der Waals surface area (Å²) < 4.78 is 0. The van der Waals surface area contributed by atoms with Gasteiger partial charge in [0.2, 0.25) is 11.8 Å². The Hall–Kier alpha value is -2.14. The summed E-state index contributed by atoms with van der Waals surface area (Å²) in [6, 6.07) is 10.7. The van der Waals surface area contributed by atoms with E-state index < -0.39 is 5.41 Å². The van der Waals surface area contributed by atoms with E-state index in [-0.39, 0.29) is 23.8 Å². The number of likely N-dealkylation sites (tertiary alicyclic amines) is 1. The molecule has 0 unspecified atom stereocenters. The second kappa shape index (κ2) is 7.94. The lowest BCUT2D eigenvalue weighted by atomic mass is 9.79. The number of amides is 2. The number of hydrogen-bond acceptors (Lipinski definition) is 3. The van der Waals surface area contributed by atoms with E-state index in [0.29, 0.717) is 25.4 Å². The maximum absolute atomic E-state index is 13.2. The van der Waals surface area contributed by atoms with E-state index in [2.05, 4.69) is 53.3 Å². The van der Waals surface area contributed by atoms with Gasteiger partial charge in [0.1, 0.15) is 0 Å². The predicted molar refractivity (Wildman–Crippen MR) is 118 cm³/mol. The zero-order chi connectivity index (χ0) is 20.6. The number of hydrogen-bond donors (Lipinski definition) is 1. The molecule has 1 aromatic heterocycles. The molecule has 2 aliphatic rings. The van der Waals surface area contributed by atoms with Crippen LogP contribution in [0.15, 0.2) is 41.1 Å². The average molecular weight is 411 g/mol. The van der Waals surface area contributed by atoms with E-state index in [1.807, 2.05) is 18.7 Å². The fourth-order valence-corrected chi connectivity index (χ4v) is 5.09. The monoisotopic (exact) mass is 410 g/mol. The van der Waals surface area contributed by atoms with Crippen molar-refractivity contribution in [2.45, 2.75) is 46.1 Å². The molecule has 1 saturated heterocycles. The van der Waals surface area contributed by atoms with E-state index in [9.17, 15) is 9.59 Å². The molecule has 2 fully saturated rings. The molecule has 4 nitrogen and oxygen atoms in total. The molecular weight excluding hydrogens is 380 g/mol. The van der Waals surface area contributed by atoms with E-state index in [1.165, 1.54) is 11.1 Å². The van der Waals surface area contributed by atoms with E-state index in [1.54, 1.807) is 11.3 Å². The van der Waals surface area contributed by atoms with Crippen LogP contribution in [0, 0.1) is 17.3 Å². The quantitative estimate of drug-likeness (QED) is 0.769. The van der Waals surface area contributed by atoms with Gasteiger partial charge in [0, 0.05) is 25.0 Å². The van der Waals surface area contributed by atoms with Crippen LogP contribution in [0.2, 0.25) is 0 Å². The molecule has 3 atom stereocenters. The maximum atomic E-state index is 13.2. The molecule has 2 amide bonds. The summed E-state index contributed by atoms with van der Waals surface area (Å²) in [6.07, 6.45) is 2.38. The zero-order valence-electron chi connectivity index (χ0n) is 17.5. The Morgan fingerprint density at radius 2 is 1.93 bits per heavy atom. The molecule has 2 heterocycles. The second-order valence-electron chi connectivity index (χ2n) is 9.12. The number of thiophene rings is 1. The van der Waals surface area contributed by atoms with Crippen LogP contribution in [0.1, 0.15) is 39.2 Å². The fourth-order valence-electron chi connectivity index (χ4n) is 4.42. The van der Waals surface area contributed by atoms with Crippen molar-refractivity contribution in [2.24, 2.45) is 17.3 Å². The van der Waals surface area contributed by atoms with Crippen LogP contribution in [0.25, 0.3) is 11.1 Å². The third-order valence-corrected chi connectivity index (χ3v) is 7.03. The summed E-state index contributed by atoms with van der Waals surface area (Å²) in [4.78, 5) is 27.9. The van der Waals surface area contributed by atoms with Gasteiger partial charge >= 0.3 is 0 Å². The minimum Gasteiger partial charge on any atom is -0.353 e. The highest BCUT2D eigenvalue weighted by Gasteiger charge is 2.49. The number of nitrogens with one attached hydrogen (secondary N) is 1. The minimum atomic E-state index is -0.540. The summed E-state index contributed by atoms with van der Waals surface area (Å²) in [7, 11) is 0. The van der Waals surface area contributed by atoms with Gasteiger partial charge in [-0.05, 0) is 72.5 Å². The van der Waals surface area contributed by atoms with Crippen molar-refractivity contribution in [1.29, 1.82) is 0 Å². The highest BCUT2D eigenvalue weighted by atomic mass is 32.1. The van der Waals surface area contributed by atoms with Crippen LogP contribution in [0.5, 0.6) is 0 Å². The van der Waals surface area contributed by atoms with Gasteiger partial charge in [0.15, 0.2) is 0 Å². The molecular formula is C24H30N2O2S. The molecule has 0 spiro atoms. The molecule has 154 valence electrons. The number of benzene rings is 1. The van der Waals surface area contributed by atoms with Crippen molar-refractivity contribution in [2.75, 3.05) is 13.1 Å². The topological polar surface area (TPSA) is 49.4 Å². The van der Waals surface area contributed by atoms with E-state index >= 15 is 0 Å². The Balaban J connectivity index is 1.53. The fraction of sp³-hybridized carbons (Fsp3) is 0.500. The first-order chi connectivity index (χ1) is 13.9. The summed E-state index contributed by atoms with van der Waals surface area (Å²) in [5, 5.41) is 7.34. The zero-order valence-corrected chi connectivity index (χ0v) is 18.3. The Bertz CT molecular complexity index is 875. The first kappa shape index (κ1) is 20.1. The van der Waals surface area contributed by atoms with Crippen LogP contribution in [0.3, 0.4) is 0 Å². The van der Waals surface area contributed by atoms with Gasteiger partial charge in [-0.25, -0.2) is 0 Å². The van der Waals surface area contributed by atoms with Gasteiger partial charge in [-0.15, -0.1) is 0 Å². The molecule has 1 aromatic carbocycles. The number of nitrogens with zero attached hydrogens (tertiary/aromatic N) is 1. The Morgan fingerprint density at radius 1 is 1.21 bits per heavy atom. The molecule has 5 heteroatoms. The standard InChI is InChI=1S/C24H30N2O2S/c1-16(2)25-23(28)24(9-10-26(15-24)22(27)21-12-17(21)3)13-18-4-6-19(7-5-18)20-8-11-29-14-20/h4-8,11,14,16-17,21H,9-10,12-13,15H2,1-3H3,(H,25,28)/t17-,21-,24+/m1/s1. The lowest BCUT2D eigenvalue weighted by Crippen LogP contribution is -2.47. The molecule has 1 aliphatic carbocycles. The van der Waals surface area contributed by atoms with Crippen LogP contribution in [-0.4, -0.2) is 35.8 Å². The second-order valence-corrected chi connectivity index (χ2v) is 9.90. The average Bonchev–Trinajstić information content (AvgIpc) is 3.10. The smallest absolute Gasteiger partial charge is 0.228 e. The van der Waals surface area contributed by atoms with Crippen molar-refractivity contribution < 1.29 is 9.59 Å². The Labute approximate surface area is 177 Å². The molecule has 2 aromatic rings. The van der Waals surface area contributed by atoms with Gasteiger partial charge < -0.3 is 10.2 Å². The van der Waals surface area contributed by atoms with Crippen molar-refractivity contribution >= 4 is 23.2 Å². The van der Waals surface area contributed by atoms with Gasteiger partial charge in [0.05, 0.1) is 5.41 Å².